The molecule has 0 heterocycles. The first-order chi connectivity index (χ1) is 9.21. The van der Waals surface area contributed by atoms with Gasteiger partial charge in [-0.15, -0.1) is 0 Å². The summed E-state index contributed by atoms with van der Waals surface area (Å²) in [4.78, 5) is 5.31. The predicted octanol–water partition coefficient (Wildman–Crippen LogP) is 1.65. The van der Waals surface area contributed by atoms with Gasteiger partial charge in [0, 0.05) is 26.4 Å². The molecule has 6 nitrogen and oxygen atoms in total. The van der Waals surface area contributed by atoms with Crippen molar-refractivity contribution < 1.29 is 23.8 Å². The van der Waals surface area contributed by atoms with Gasteiger partial charge in [0.25, 0.3) is 0 Å². The zero-order chi connectivity index (χ0) is 14.5. The third-order valence-electron chi connectivity index (χ3n) is 2.37. The lowest BCUT2D eigenvalue weighted by Gasteiger charge is -2.28. The zero-order valence-electron chi connectivity index (χ0n) is 12.9. The first kappa shape index (κ1) is 18.8. The van der Waals surface area contributed by atoms with Crippen LogP contribution in [0.4, 0.5) is 0 Å². The lowest BCUT2D eigenvalue weighted by Crippen LogP contribution is -2.41. The summed E-state index contributed by atoms with van der Waals surface area (Å²) in [5.41, 5.74) is 0. The summed E-state index contributed by atoms with van der Waals surface area (Å²) in [5.74, 6) is 0. The molecule has 0 aromatic heterocycles. The smallest absolute Gasteiger partial charge is 0.172 e. The Morgan fingerprint density at radius 1 is 0.684 bits per heavy atom. The number of nitrogens with zero attached hydrogens (tertiary/aromatic N) is 1. The van der Waals surface area contributed by atoms with Gasteiger partial charge in [-0.25, -0.2) is 0 Å². The fraction of sp³-hybridized carbons (Fsp3) is 1.00. The highest BCUT2D eigenvalue weighted by Crippen LogP contribution is 2.04. The second-order valence-corrected chi connectivity index (χ2v) is 3.71. The van der Waals surface area contributed by atoms with E-state index in [-0.39, 0.29) is 12.6 Å². The highest BCUT2D eigenvalue weighted by Gasteiger charge is 2.19. The minimum atomic E-state index is -0.307. The fourth-order valence-corrected chi connectivity index (χ4v) is 1.61. The minimum absolute atomic E-state index is 0.307. The Balaban J connectivity index is 4.27. The number of hydrogen-bond acceptors (Lipinski definition) is 6. The molecule has 116 valence electrons. The number of rotatable bonds is 13. The molecule has 0 aliphatic carbocycles. The lowest BCUT2D eigenvalue weighted by atomic mass is 10.5. The molecule has 0 bridgehead atoms. The summed E-state index contributed by atoms with van der Waals surface area (Å²) in [6.07, 6.45) is -0.613. The predicted molar refractivity (Wildman–Crippen MR) is 72.7 cm³/mol. The SMILES string of the molecule is CCOC(CN(CC(OCC)OCC)OC)OCC. The maximum Gasteiger partial charge on any atom is 0.172 e. The van der Waals surface area contributed by atoms with Crippen LogP contribution in [0.1, 0.15) is 27.7 Å². The van der Waals surface area contributed by atoms with E-state index in [9.17, 15) is 0 Å². The Kier molecular flexibility index (Phi) is 12.6. The molecule has 0 atom stereocenters. The molecular formula is C13H29NO5. The Labute approximate surface area is 116 Å². The Morgan fingerprint density at radius 2 is 1.00 bits per heavy atom. The summed E-state index contributed by atoms with van der Waals surface area (Å²) in [7, 11) is 1.61. The molecule has 0 amide bonds. The molecule has 0 aliphatic rings. The van der Waals surface area contributed by atoms with Crippen molar-refractivity contribution in [1.29, 1.82) is 0 Å². The van der Waals surface area contributed by atoms with Crippen LogP contribution in [0.15, 0.2) is 0 Å². The second-order valence-electron chi connectivity index (χ2n) is 3.71. The van der Waals surface area contributed by atoms with Crippen molar-refractivity contribution in [2.45, 2.75) is 40.3 Å². The molecule has 0 aromatic carbocycles. The molecule has 0 fully saturated rings. The van der Waals surface area contributed by atoms with Crippen LogP contribution in [0.5, 0.6) is 0 Å². The van der Waals surface area contributed by atoms with Crippen LogP contribution < -0.4 is 0 Å². The van der Waals surface area contributed by atoms with E-state index in [0.29, 0.717) is 39.5 Å². The van der Waals surface area contributed by atoms with E-state index in [1.165, 1.54) is 0 Å². The van der Waals surface area contributed by atoms with E-state index in [1.54, 1.807) is 12.2 Å². The summed E-state index contributed by atoms with van der Waals surface area (Å²) in [5, 5.41) is 1.73. The molecule has 0 radical (unpaired) electrons. The first-order valence-corrected chi connectivity index (χ1v) is 6.97. The van der Waals surface area contributed by atoms with E-state index in [1.807, 2.05) is 27.7 Å². The van der Waals surface area contributed by atoms with Crippen LogP contribution in [0.3, 0.4) is 0 Å². The molecule has 0 saturated carbocycles. The van der Waals surface area contributed by atoms with Gasteiger partial charge in [0.05, 0.1) is 20.2 Å². The van der Waals surface area contributed by atoms with Crippen LogP contribution in [0.2, 0.25) is 0 Å². The zero-order valence-corrected chi connectivity index (χ0v) is 12.9. The summed E-state index contributed by atoms with van der Waals surface area (Å²) >= 11 is 0. The van der Waals surface area contributed by atoms with Crippen molar-refractivity contribution >= 4 is 0 Å². The van der Waals surface area contributed by atoms with E-state index in [2.05, 4.69) is 0 Å². The quantitative estimate of drug-likeness (QED) is 0.377. The van der Waals surface area contributed by atoms with Gasteiger partial charge in [0.1, 0.15) is 0 Å². The normalized spacial score (nSPS) is 12.0. The third-order valence-corrected chi connectivity index (χ3v) is 2.37. The molecule has 0 rings (SSSR count). The Bertz CT molecular complexity index is 164. The molecule has 0 unspecified atom stereocenters. The van der Waals surface area contributed by atoms with Gasteiger partial charge < -0.3 is 23.8 Å². The van der Waals surface area contributed by atoms with Crippen molar-refractivity contribution in [1.82, 2.24) is 5.06 Å². The molecule has 0 saturated heterocycles. The number of hydroxylamine groups is 2. The highest BCUT2D eigenvalue weighted by molar-refractivity contribution is 4.55. The monoisotopic (exact) mass is 279 g/mol. The van der Waals surface area contributed by atoms with Gasteiger partial charge in [0.15, 0.2) is 12.6 Å². The van der Waals surface area contributed by atoms with Gasteiger partial charge >= 0.3 is 0 Å². The number of hydrogen-bond donors (Lipinski definition) is 0. The van der Waals surface area contributed by atoms with Gasteiger partial charge in [-0.05, 0) is 27.7 Å². The van der Waals surface area contributed by atoms with Crippen molar-refractivity contribution in [3.05, 3.63) is 0 Å². The van der Waals surface area contributed by atoms with Crippen LogP contribution in [-0.4, -0.2) is 64.3 Å². The van der Waals surface area contributed by atoms with Crippen molar-refractivity contribution in [3.63, 3.8) is 0 Å². The summed E-state index contributed by atoms with van der Waals surface area (Å²) < 4.78 is 22.0. The molecule has 0 spiro atoms. The minimum Gasteiger partial charge on any atom is -0.351 e. The molecule has 0 N–H and O–H groups in total. The average molecular weight is 279 g/mol. The van der Waals surface area contributed by atoms with E-state index in [0.717, 1.165) is 0 Å². The summed E-state index contributed by atoms with van der Waals surface area (Å²) in [6.45, 7) is 11.2. The lowest BCUT2D eigenvalue weighted by molar-refractivity contribution is -0.244. The van der Waals surface area contributed by atoms with Crippen molar-refractivity contribution in [3.8, 4) is 0 Å². The van der Waals surface area contributed by atoms with Crippen LogP contribution in [-0.2, 0) is 23.8 Å². The standard InChI is InChI=1S/C13H29NO5/c1-6-16-12(17-7-2)10-14(15-5)11-13(18-8-3)19-9-4/h12-13H,6-11H2,1-5H3. The van der Waals surface area contributed by atoms with Gasteiger partial charge in [0.2, 0.25) is 0 Å². The second kappa shape index (κ2) is 12.8. The Morgan fingerprint density at radius 3 is 1.21 bits per heavy atom. The molecule has 6 heteroatoms. The molecule has 19 heavy (non-hydrogen) atoms. The van der Waals surface area contributed by atoms with E-state index in [4.69, 9.17) is 23.8 Å². The van der Waals surface area contributed by atoms with Crippen LogP contribution in [0, 0.1) is 0 Å². The maximum absolute atomic E-state index is 5.49. The highest BCUT2D eigenvalue weighted by atomic mass is 16.7. The first-order valence-electron chi connectivity index (χ1n) is 6.97. The number of ether oxygens (including phenoxy) is 4. The largest absolute Gasteiger partial charge is 0.351 e. The molecule has 0 aromatic rings. The average Bonchev–Trinajstić information content (AvgIpc) is 2.39. The topological polar surface area (TPSA) is 49.4 Å². The molecule has 0 aliphatic heterocycles. The van der Waals surface area contributed by atoms with Crippen molar-refractivity contribution in [2.75, 3.05) is 46.6 Å². The third kappa shape index (κ3) is 9.32. The van der Waals surface area contributed by atoms with E-state index >= 15 is 0 Å². The van der Waals surface area contributed by atoms with Crippen LogP contribution >= 0.6 is 0 Å². The van der Waals surface area contributed by atoms with Crippen molar-refractivity contribution in [2.24, 2.45) is 0 Å². The maximum atomic E-state index is 5.49. The molecular weight excluding hydrogens is 250 g/mol. The van der Waals surface area contributed by atoms with Gasteiger partial charge in [-0.1, -0.05) is 0 Å². The van der Waals surface area contributed by atoms with Gasteiger partial charge in [-0.2, -0.15) is 5.06 Å². The van der Waals surface area contributed by atoms with E-state index < -0.39 is 0 Å². The summed E-state index contributed by atoms with van der Waals surface area (Å²) in [6, 6.07) is 0. The fourth-order valence-electron chi connectivity index (χ4n) is 1.61. The Hall–Kier alpha value is -0.240. The van der Waals surface area contributed by atoms with Crippen LogP contribution in [0.25, 0.3) is 0 Å². The van der Waals surface area contributed by atoms with Gasteiger partial charge in [-0.3, -0.25) is 0 Å².